The van der Waals surface area contributed by atoms with E-state index in [1.165, 1.54) is 7.11 Å². The van der Waals surface area contributed by atoms with E-state index in [1.54, 1.807) is 12.1 Å². The van der Waals surface area contributed by atoms with Gasteiger partial charge in [0, 0.05) is 24.6 Å². The maximum Gasteiger partial charge on any atom is 0.305 e. The van der Waals surface area contributed by atoms with Gasteiger partial charge in [0.15, 0.2) is 0 Å². The standard InChI is InChI=1S/C14H19NO4/c1-18-13(17)6-3-7-19-14-9-4-2-5-12(16)10(9)8-11(14)15/h2,4-5,11,14,16H,3,6-8,15H2,1H3. The molecule has 1 aromatic carbocycles. The smallest absolute Gasteiger partial charge is 0.305 e. The van der Waals surface area contributed by atoms with Crippen molar-refractivity contribution in [2.24, 2.45) is 5.73 Å². The first-order chi connectivity index (χ1) is 9.13. The topological polar surface area (TPSA) is 81.8 Å². The van der Waals surface area contributed by atoms with E-state index in [1.807, 2.05) is 6.07 Å². The van der Waals surface area contributed by atoms with Gasteiger partial charge in [0.2, 0.25) is 0 Å². The molecule has 0 saturated carbocycles. The van der Waals surface area contributed by atoms with Crippen molar-refractivity contribution in [1.82, 2.24) is 0 Å². The normalized spacial score (nSPS) is 21.2. The molecule has 3 N–H and O–H groups in total. The third-order valence-electron chi connectivity index (χ3n) is 3.37. The molecular formula is C14H19NO4. The van der Waals surface area contributed by atoms with E-state index in [2.05, 4.69) is 4.74 Å². The number of nitrogens with two attached hydrogens (primary N) is 1. The number of carbonyl (C=O) groups is 1. The summed E-state index contributed by atoms with van der Waals surface area (Å²) in [6.07, 6.45) is 1.35. The van der Waals surface area contributed by atoms with Crippen LogP contribution in [0.25, 0.3) is 0 Å². The molecule has 0 aromatic heterocycles. The summed E-state index contributed by atoms with van der Waals surface area (Å²) in [7, 11) is 1.37. The number of methoxy groups -OCH3 is 1. The average molecular weight is 265 g/mol. The van der Waals surface area contributed by atoms with E-state index >= 15 is 0 Å². The lowest BCUT2D eigenvalue weighted by molar-refractivity contribution is -0.141. The Bertz CT molecular complexity index is 461. The minimum atomic E-state index is -0.239. The van der Waals surface area contributed by atoms with E-state index < -0.39 is 0 Å². The van der Waals surface area contributed by atoms with Gasteiger partial charge in [0.25, 0.3) is 0 Å². The molecule has 0 saturated heterocycles. The molecule has 0 heterocycles. The molecule has 1 aromatic rings. The first-order valence-electron chi connectivity index (χ1n) is 6.38. The second-order valence-corrected chi connectivity index (χ2v) is 4.68. The van der Waals surface area contributed by atoms with Crippen LogP contribution in [0.4, 0.5) is 0 Å². The first kappa shape index (κ1) is 13.8. The molecule has 2 rings (SSSR count). The van der Waals surface area contributed by atoms with Gasteiger partial charge < -0.3 is 20.3 Å². The second kappa shape index (κ2) is 6.04. The van der Waals surface area contributed by atoms with Crippen molar-refractivity contribution in [3.05, 3.63) is 29.3 Å². The Kier molecular flexibility index (Phi) is 4.39. The molecule has 1 aliphatic rings. The molecule has 0 amide bonds. The molecular weight excluding hydrogens is 246 g/mol. The number of phenolic OH excluding ortho intramolecular Hbond substituents is 1. The third-order valence-corrected chi connectivity index (χ3v) is 3.37. The SMILES string of the molecule is COC(=O)CCCOC1c2cccc(O)c2CC1N. The number of aromatic hydroxyl groups is 1. The number of carbonyl (C=O) groups excluding carboxylic acids is 1. The fourth-order valence-corrected chi connectivity index (χ4v) is 2.40. The highest BCUT2D eigenvalue weighted by Crippen LogP contribution is 2.37. The first-order valence-corrected chi connectivity index (χ1v) is 6.38. The Morgan fingerprint density at radius 3 is 3.05 bits per heavy atom. The monoisotopic (exact) mass is 265 g/mol. The zero-order chi connectivity index (χ0) is 13.8. The Hall–Kier alpha value is -1.59. The number of hydrogen-bond donors (Lipinski definition) is 2. The summed E-state index contributed by atoms with van der Waals surface area (Å²) in [4.78, 5) is 11.0. The Labute approximate surface area is 112 Å². The largest absolute Gasteiger partial charge is 0.508 e. The highest BCUT2D eigenvalue weighted by atomic mass is 16.5. The van der Waals surface area contributed by atoms with Gasteiger partial charge in [-0.2, -0.15) is 0 Å². The summed E-state index contributed by atoms with van der Waals surface area (Å²) in [6, 6.07) is 5.22. The predicted molar refractivity (Wildman–Crippen MR) is 69.7 cm³/mol. The molecule has 104 valence electrons. The molecule has 2 unspecified atom stereocenters. The quantitative estimate of drug-likeness (QED) is 0.619. The van der Waals surface area contributed by atoms with Crippen LogP contribution in [0.15, 0.2) is 18.2 Å². The van der Waals surface area contributed by atoms with Crippen LogP contribution in [-0.2, 0) is 20.7 Å². The van der Waals surface area contributed by atoms with Gasteiger partial charge in [0.05, 0.1) is 13.2 Å². The van der Waals surface area contributed by atoms with Crippen molar-refractivity contribution in [2.45, 2.75) is 31.4 Å². The highest BCUT2D eigenvalue weighted by molar-refractivity contribution is 5.69. The van der Waals surface area contributed by atoms with Crippen LogP contribution >= 0.6 is 0 Å². The van der Waals surface area contributed by atoms with Crippen LogP contribution < -0.4 is 5.73 Å². The molecule has 0 aliphatic heterocycles. The number of rotatable bonds is 5. The summed E-state index contributed by atoms with van der Waals surface area (Å²) in [6.45, 7) is 0.447. The maximum atomic E-state index is 11.0. The van der Waals surface area contributed by atoms with Crippen LogP contribution in [0.2, 0.25) is 0 Å². The lowest BCUT2D eigenvalue weighted by atomic mass is 10.1. The van der Waals surface area contributed by atoms with Crippen LogP contribution in [-0.4, -0.2) is 30.8 Å². The van der Waals surface area contributed by atoms with E-state index in [0.29, 0.717) is 25.9 Å². The zero-order valence-corrected chi connectivity index (χ0v) is 11.0. The fourth-order valence-electron chi connectivity index (χ4n) is 2.40. The van der Waals surface area contributed by atoms with Gasteiger partial charge in [-0.25, -0.2) is 0 Å². The minimum Gasteiger partial charge on any atom is -0.508 e. The summed E-state index contributed by atoms with van der Waals surface area (Å²) in [5, 5.41) is 9.77. The molecule has 1 aliphatic carbocycles. The Morgan fingerprint density at radius 1 is 1.53 bits per heavy atom. The molecule has 0 spiro atoms. The van der Waals surface area contributed by atoms with Crippen LogP contribution in [0.5, 0.6) is 5.75 Å². The fraction of sp³-hybridized carbons (Fsp3) is 0.500. The predicted octanol–water partition coefficient (Wildman–Crippen LogP) is 1.29. The van der Waals surface area contributed by atoms with E-state index in [-0.39, 0.29) is 23.9 Å². The zero-order valence-electron chi connectivity index (χ0n) is 11.0. The van der Waals surface area contributed by atoms with E-state index in [9.17, 15) is 9.90 Å². The third kappa shape index (κ3) is 3.05. The number of esters is 1. The Morgan fingerprint density at radius 2 is 2.32 bits per heavy atom. The summed E-state index contributed by atoms with van der Waals surface area (Å²) < 4.78 is 10.3. The molecule has 5 heteroatoms. The van der Waals surface area contributed by atoms with Gasteiger partial charge in [0.1, 0.15) is 5.75 Å². The molecule has 0 radical (unpaired) electrons. The Balaban J connectivity index is 1.92. The molecule has 0 fully saturated rings. The van der Waals surface area contributed by atoms with Gasteiger partial charge >= 0.3 is 5.97 Å². The van der Waals surface area contributed by atoms with Crippen molar-refractivity contribution >= 4 is 5.97 Å². The number of ether oxygens (including phenoxy) is 2. The lowest BCUT2D eigenvalue weighted by Gasteiger charge is -2.17. The lowest BCUT2D eigenvalue weighted by Crippen LogP contribution is -2.27. The van der Waals surface area contributed by atoms with Crippen molar-refractivity contribution in [3.8, 4) is 5.75 Å². The summed E-state index contributed by atoms with van der Waals surface area (Å²) in [5.41, 5.74) is 7.86. The van der Waals surface area contributed by atoms with Crippen LogP contribution in [0.1, 0.15) is 30.1 Å². The molecule has 2 atom stereocenters. The van der Waals surface area contributed by atoms with Gasteiger partial charge in [-0.05, 0) is 24.5 Å². The van der Waals surface area contributed by atoms with Crippen LogP contribution in [0, 0.1) is 0 Å². The van der Waals surface area contributed by atoms with Crippen molar-refractivity contribution in [2.75, 3.05) is 13.7 Å². The molecule has 19 heavy (non-hydrogen) atoms. The second-order valence-electron chi connectivity index (χ2n) is 4.68. The van der Waals surface area contributed by atoms with Gasteiger partial charge in [-0.15, -0.1) is 0 Å². The number of hydrogen-bond acceptors (Lipinski definition) is 5. The molecule has 0 bridgehead atoms. The van der Waals surface area contributed by atoms with Crippen molar-refractivity contribution in [1.29, 1.82) is 0 Å². The van der Waals surface area contributed by atoms with Gasteiger partial charge in [-0.3, -0.25) is 4.79 Å². The number of fused-ring (bicyclic) bond motifs is 1. The summed E-state index contributed by atoms with van der Waals surface area (Å²) in [5.74, 6) is 0.0333. The highest BCUT2D eigenvalue weighted by Gasteiger charge is 2.32. The minimum absolute atomic E-state index is 0.151. The number of phenols is 1. The molecule has 5 nitrogen and oxygen atoms in total. The van der Waals surface area contributed by atoms with Crippen molar-refractivity contribution < 1.29 is 19.4 Å². The summed E-state index contributed by atoms with van der Waals surface area (Å²) >= 11 is 0. The van der Waals surface area contributed by atoms with Crippen LogP contribution in [0.3, 0.4) is 0 Å². The van der Waals surface area contributed by atoms with Crippen molar-refractivity contribution in [3.63, 3.8) is 0 Å². The van der Waals surface area contributed by atoms with E-state index in [4.69, 9.17) is 10.5 Å². The van der Waals surface area contributed by atoms with Gasteiger partial charge in [-0.1, -0.05) is 12.1 Å². The number of benzene rings is 1. The van der Waals surface area contributed by atoms with E-state index in [0.717, 1.165) is 11.1 Å². The average Bonchev–Trinajstić information content (AvgIpc) is 2.72. The maximum absolute atomic E-state index is 11.0.